The van der Waals surface area contributed by atoms with Gasteiger partial charge in [0, 0.05) is 31.5 Å². The van der Waals surface area contributed by atoms with E-state index in [4.69, 9.17) is 5.73 Å². The number of nitrogens with zero attached hydrogens (tertiary/aromatic N) is 1. The summed E-state index contributed by atoms with van der Waals surface area (Å²) in [6.07, 6.45) is 3.57. The Balaban J connectivity index is 1.80. The highest BCUT2D eigenvalue weighted by atomic mass is 16.2. The summed E-state index contributed by atoms with van der Waals surface area (Å²) in [6.45, 7) is 3.77. The molecule has 0 aliphatic carbocycles. The molecule has 1 amide bonds. The lowest BCUT2D eigenvalue weighted by Gasteiger charge is -2.17. The van der Waals surface area contributed by atoms with E-state index in [9.17, 15) is 4.79 Å². The molecule has 0 saturated carbocycles. The van der Waals surface area contributed by atoms with Crippen molar-refractivity contribution in [3.05, 3.63) is 35.9 Å². The van der Waals surface area contributed by atoms with Gasteiger partial charge >= 0.3 is 0 Å². The fourth-order valence-electron chi connectivity index (χ4n) is 2.72. The van der Waals surface area contributed by atoms with E-state index in [1.54, 1.807) is 0 Å². The number of likely N-dealkylation sites (tertiary alicyclic amines) is 1. The fourth-order valence-corrected chi connectivity index (χ4v) is 2.72. The lowest BCUT2D eigenvalue weighted by atomic mass is 9.99. The molecule has 19 heavy (non-hydrogen) atoms. The van der Waals surface area contributed by atoms with Crippen molar-refractivity contribution in [3.8, 4) is 0 Å². The number of hydrogen-bond donors (Lipinski definition) is 1. The van der Waals surface area contributed by atoms with Crippen LogP contribution < -0.4 is 5.73 Å². The molecule has 3 heteroatoms. The predicted octanol–water partition coefficient (Wildman–Crippen LogP) is 2.52. The second-order valence-electron chi connectivity index (χ2n) is 5.61. The molecule has 1 aromatic rings. The van der Waals surface area contributed by atoms with Crippen LogP contribution in [0.2, 0.25) is 0 Å². The predicted molar refractivity (Wildman–Crippen MR) is 77.9 cm³/mol. The molecule has 1 aliphatic heterocycles. The minimum atomic E-state index is 0.198. The van der Waals surface area contributed by atoms with E-state index in [2.05, 4.69) is 24.3 Å². The molecule has 2 atom stereocenters. The summed E-state index contributed by atoms with van der Waals surface area (Å²) in [5, 5.41) is 0. The number of carbonyl (C=O) groups is 1. The van der Waals surface area contributed by atoms with Gasteiger partial charge in [0.05, 0.1) is 0 Å². The molecule has 0 spiro atoms. The van der Waals surface area contributed by atoms with Crippen molar-refractivity contribution in [3.63, 3.8) is 0 Å². The molecule has 1 fully saturated rings. The highest BCUT2D eigenvalue weighted by Crippen LogP contribution is 2.27. The van der Waals surface area contributed by atoms with Gasteiger partial charge in [-0.05, 0) is 31.7 Å². The summed E-state index contributed by atoms with van der Waals surface area (Å²) in [7, 11) is 0. The average molecular weight is 260 g/mol. The zero-order valence-corrected chi connectivity index (χ0v) is 11.7. The van der Waals surface area contributed by atoms with E-state index in [1.165, 1.54) is 5.56 Å². The van der Waals surface area contributed by atoms with Crippen molar-refractivity contribution < 1.29 is 4.79 Å². The van der Waals surface area contributed by atoms with Crippen LogP contribution in [0, 0.1) is 0 Å². The molecule has 1 saturated heterocycles. The van der Waals surface area contributed by atoms with Gasteiger partial charge < -0.3 is 10.6 Å². The first-order chi connectivity index (χ1) is 9.16. The maximum absolute atomic E-state index is 12.1. The second-order valence-corrected chi connectivity index (χ2v) is 5.61. The van der Waals surface area contributed by atoms with E-state index >= 15 is 0 Å². The van der Waals surface area contributed by atoms with Crippen LogP contribution in [0.4, 0.5) is 0 Å². The van der Waals surface area contributed by atoms with Crippen molar-refractivity contribution in [1.82, 2.24) is 4.90 Å². The van der Waals surface area contributed by atoms with Gasteiger partial charge in [0.2, 0.25) is 5.91 Å². The Morgan fingerprint density at radius 1 is 1.42 bits per heavy atom. The zero-order chi connectivity index (χ0) is 13.7. The van der Waals surface area contributed by atoms with Gasteiger partial charge in [-0.15, -0.1) is 0 Å². The van der Waals surface area contributed by atoms with Crippen LogP contribution in [-0.2, 0) is 4.79 Å². The monoisotopic (exact) mass is 260 g/mol. The van der Waals surface area contributed by atoms with Crippen LogP contribution in [0.15, 0.2) is 30.3 Å². The summed E-state index contributed by atoms with van der Waals surface area (Å²) in [4.78, 5) is 14.1. The number of carbonyl (C=O) groups excluding carboxylic acids is 1. The molecule has 2 N–H and O–H groups in total. The molecule has 1 aromatic carbocycles. The van der Waals surface area contributed by atoms with Gasteiger partial charge in [-0.3, -0.25) is 4.79 Å². The first kappa shape index (κ1) is 14.1. The van der Waals surface area contributed by atoms with Crippen molar-refractivity contribution in [2.24, 2.45) is 5.73 Å². The highest BCUT2D eigenvalue weighted by molar-refractivity contribution is 5.76. The molecule has 0 bridgehead atoms. The minimum absolute atomic E-state index is 0.198. The Labute approximate surface area is 115 Å². The standard InChI is InChI=1S/C16H24N2O/c1-13(17)6-5-9-16(19)18-11-10-15(12-18)14-7-3-2-4-8-14/h2-4,7-8,13,15H,5-6,9-12,17H2,1H3. The quantitative estimate of drug-likeness (QED) is 0.884. The molecule has 0 radical (unpaired) electrons. The van der Waals surface area contributed by atoms with Crippen LogP contribution in [0.1, 0.15) is 44.1 Å². The number of amides is 1. The topological polar surface area (TPSA) is 46.3 Å². The Kier molecular flexibility index (Phi) is 4.97. The summed E-state index contributed by atoms with van der Waals surface area (Å²) in [5.41, 5.74) is 7.06. The molecule has 1 heterocycles. The van der Waals surface area contributed by atoms with Crippen LogP contribution >= 0.6 is 0 Å². The van der Waals surface area contributed by atoms with Gasteiger partial charge in [0.1, 0.15) is 0 Å². The van der Waals surface area contributed by atoms with Gasteiger partial charge in [-0.25, -0.2) is 0 Å². The molecule has 2 unspecified atom stereocenters. The summed E-state index contributed by atoms with van der Waals surface area (Å²) >= 11 is 0. The van der Waals surface area contributed by atoms with Gasteiger partial charge in [0.15, 0.2) is 0 Å². The fraction of sp³-hybridized carbons (Fsp3) is 0.562. The number of rotatable bonds is 5. The van der Waals surface area contributed by atoms with E-state index < -0.39 is 0 Å². The van der Waals surface area contributed by atoms with Crippen molar-refractivity contribution >= 4 is 5.91 Å². The van der Waals surface area contributed by atoms with Gasteiger partial charge in [0.25, 0.3) is 0 Å². The third-order valence-corrected chi connectivity index (χ3v) is 3.86. The molecule has 0 aromatic heterocycles. The third kappa shape index (κ3) is 4.06. The zero-order valence-electron chi connectivity index (χ0n) is 11.7. The summed E-state index contributed by atoms with van der Waals surface area (Å²) in [6, 6.07) is 10.7. The van der Waals surface area contributed by atoms with Gasteiger partial charge in [-0.2, -0.15) is 0 Å². The second kappa shape index (κ2) is 6.71. The Bertz CT molecular complexity index is 402. The third-order valence-electron chi connectivity index (χ3n) is 3.86. The maximum Gasteiger partial charge on any atom is 0.222 e. The Morgan fingerprint density at radius 3 is 2.84 bits per heavy atom. The minimum Gasteiger partial charge on any atom is -0.342 e. The van der Waals surface area contributed by atoms with Crippen molar-refractivity contribution in [1.29, 1.82) is 0 Å². The number of benzene rings is 1. The Hall–Kier alpha value is -1.35. The van der Waals surface area contributed by atoms with E-state index in [0.29, 0.717) is 18.2 Å². The molecule has 1 aliphatic rings. The first-order valence-corrected chi connectivity index (χ1v) is 7.25. The Morgan fingerprint density at radius 2 is 2.16 bits per heavy atom. The normalized spacial score (nSPS) is 20.5. The van der Waals surface area contributed by atoms with Crippen LogP contribution in [0.5, 0.6) is 0 Å². The molecular weight excluding hydrogens is 236 g/mol. The number of nitrogens with two attached hydrogens (primary N) is 1. The van der Waals surface area contributed by atoms with Crippen LogP contribution in [0.25, 0.3) is 0 Å². The molecule has 104 valence electrons. The lowest BCUT2D eigenvalue weighted by molar-refractivity contribution is -0.130. The lowest BCUT2D eigenvalue weighted by Crippen LogP contribution is -2.28. The average Bonchev–Trinajstić information content (AvgIpc) is 2.89. The van der Waals surface area contributed by atoms with E-state index in [1.807, 2.05) is 17.9 Å². The highest BCUT2D eigenvalue weighted by Gasteiger charge is 2.26. The molecule has 3 nitrogen and oxygen atoms in total. The van der Waals surface area contributed by atoms with E-state index in [0.717, 1.165) is 32.4 Å². The van der Waals surface area contributed by atoms with E-state index in [-0.39, 0.29) is 6.04 Å². The largest absolute Gasteiger partial charge is 0.342 e. The van der Waals surface area contributed by atoms with Crippen molar-refractivity contribution in [2.45, 2.75) is 44.6 Å². The molecular formula is C16H24N2O. The van der Waals surface area contributed by atoms with Crippen molar-refractivity contribution in [2.75, 3.05) is 13.1 Å². The van der Waals surface area contributed by atoms with Crippen LogP contribution in [0.3, 0.4) is 0 Å². The van der Waals surface area contributed by atoms with Gasteiger partial charge in [-0.1, -0.05) is 30.3 Å². The summed E-state index contributed by atoms with van der Waals surface area (Å²) in [5.74, 6) is 0.803. The maximum atomic E-state index is 12.1. The first-order valence-electron chi connectivity index (χ1n) is 7.25. The SMILES string of the molecule is CC(N)CCCC(=O)N1CCC(c2ccccc2)C1. The number of hydrogen-bond acceptors (Lipinski definition) is 2. The summed E-state index contributed by atoms with van der Waals surface area (Å²) < 4.78 is 0. The van der Waals surface area contributed by atoms with Crippen LogP contribution in [-0.4, -0.2) is 29.9 Å². The molecule has 2 rings (SSSR count). The smallest absolute Gasteiger partial charge is 0.222 e.